The van der Waals surface area contributed by atoms with E-state index in [1.807, 2.05) is 0 Å². The number of hydrogen-bond acceptors (Lipinski definition) is 7. The van der Waals surface area contributed by atoms with Crippen LogP contribution in [0, 0.1) is 10.1 Å². The lowest BCUT2D eigenvalue weighted by Crippen LogP contribution is -2.34. The summed E-state index contributed by atoms with van der Waals surface area (Å²) in [7, 11) is -3.25. The lowest BCUT2D eigenvalue weighted by molar-refractivity contribution is -0.389. The lowest BCUT2D eigenvalue weighted by Gasteiger charge is -2.20. The molecule has 1 aliphatic heterocycles. The topological polar surface area (TPSA) is 101 Å². The zero-order valence-corrected chi connectivity index (χ0v) is 13.5. The molecule has 0 N–H and O–H groups in total. The molecule has 0 radical (unpaired) electrons. The highest BCUT2D eigenvalue weighted by Crippen LogP contribution is 2.31. The van der Waals surface area contributed by atoms with Crippen molar-refractivity contribution in [2.45, 2.75) is 6.42 Å². The Labute approximate surface area is 131 Å². The molecule has 3 heterocycles. The number of anilines is 1. The van der Waals surface area contributed by atoms with Crippen molar-refractivity contribution in [1.29, 1.82) is 0 Å². The predicted molar refractivity (Wildman–Crippen MR) is 83.0 cm³/mol. The van der Waals surface area contributed by atoms with E-state index in [1.54, 1.807) is 16.5 Å². The molecule has 0 bridgehead atoms. The summed E-state index contributed by atoms with van der Waals surface area (Å²) < 4.78 is 26.1. The first-order valence-electron chi connectivity index (χ1n) is 6.68. The summed E-state index contributed by atoms with van der Waals surface area (Å²) in [5.41, 5.74) is 0. The molecule has 0 atom stereocenters. The molecule has 11 heteroatoms. The van der Waals surface area contributed by atoms with Crippen molar-refractivity contribution in [2.24, 2.45) is 0 Å². The quantitative estimate of drug-likeness (QED) is 0.602. The summed E-state index contributed by atoms with van der Waals surface area (Å²) in [6.45, 7) is 1.66. The maximum absolute atomic E-state index is 11.6. The Kier molecular flexibility index (Phi) is 3.78. The summed E-state index contributed by atoms with van der Waals surface area (Å²) in [5.74, 6) is 0.247. The third-order valence-corrected chi connectivity index (χ3v) is 5.68. The van der Waals surface area contributed by atoms with Crippen molar-refractivity contribution in [1.82, 2.24) is 13.7 Å². The maximum atomic E-state index is 11.6. The second-order valence-electron chi connectivity index (χ2n) is 5.07. The number of sulfonamides is 1. The van der Waals surface area contributed by atoms with E-state index in [1.165, 1.54) is 26.3 Å². The first kappa shape index (κ1) is 15.2. The van der Waals surface area contributed by atoms with Crippen LogP contribution >= 0.6 is 11.3 Å². The van der Waals surface area contributed by atoms with E-state index in [0.717, 1.165) is 0 Å². The number of imidazole rings is 1. The average Bonchev–Trinajstić information content (AvgIpc) is 2.88. The van der Waals surface area contributed by atoms with Gasteiger partial charge in [0.15, 0.2) is 0 Å². The van der Waals surface area contributed by atoms with Crippen LogP contribution in [-0.4, -0.2) is 59.5 Å². The van der Waals surface area contributed by atoms with Gasteiger partial charge in [0.2, 0.25) is 15.8 Å². The van der Waals surface area contributed by atoms with Crippen LogP contribution in [0.2, 0.25) is 0 Å². The number of nitro groups is 1. The molecule has 1 aliphatic rings. The SMILES string of the molecule is CS(=O)(=O)N1CCCN(c2nc3sccn3c2[N+](=O)[O-])CC1. The van der Waals surface area contributed by atoms with Crippen molar-refractivity contribution >= 4 is 38.0 Å². The van der Waals surface area contributed by atoms with Gasteiger partial charge in [-0.05, 0) is 11.3 Å². The molecule has 0 aromatic carbocycles. The average molecular weight is 345 g/mol. The van der Waals surface area contributed by atoms with Crippen LogP contribution in [0.5, 0.6) is 0 Å². The molecular formula is C11H15N5O4S2. The molecule has 0 aliphatic carbocycles. The first-order chi connectivity index (χ1) is 10.4. The van der Waals surface area contributed by atoms with Gasteiger partial charge in [-0.25, -0.2) is 12.7 Å². The summed E-state index contributed by atoms with van der Waals surface area (Å²) >= 11 is 1.33. The van der Waals surface area contributed by atoms with Gasteiger partial charge in [0, 0.05) is 31.6 Å². The highest BCUT2D eigenvalue weighted by atomic mass is 32.2. The van der Waals surface area contributed by atoms with E-state index in [0.29, 0.717) is 43.4 Å². The third-order valence-electron chi connectivity index (χ3n) is 3.62. The van der Waals surface area contributed by atoms with Gasteiger partial charge in [0.25, 0.3) is 4.96 Å². The molecule has 0 amide bonds. The van der Waals surface area contributed by atoms with Crippen molar-refractivity contribution in [3.8, 4) is 0 Å². The Morgan fingerprint density at radius 1 is 1.32 bits per heavy atom. The van der Waals surface area contributed by atoms with E-state index in [-0.39, 0.29) is 5.82 Å². The van der Waals surface area contributed by atoms with Crippen molar-refractivity contribution in [3.05, 3.63) is 21.7 Å². The molecule has 2 aromatic rings. The fraction of sp³-hybridized carbons (Fsp3) is 0.545. The molecule has 22 heavy (non-hydrogen) atoms. The van der Waals surface area contributed by atoms with Crippen LogP contribution in [-0.2, 0) is 10.0 Å². The maximum Gasteiger partial charge on any atom is 0.373 e. The lowest BCUT2D eigenvalue weighted by atomic mass is 10.4. The molecule has 120 valence electrons. The van der Waals surface area contributed by atoms with Gasteiger partial charge < -0.3 is 15.0 Å². The van der Waals surface area contributed by atoms with Crippen molar-refractivity contribution in [2.75, 3.05) is 37.3 Å². The van der Waals surface area contributed by atoms with Crippen LogP contribution < -0.4 is 4.90 Å². The van der Waals surface area contributed by atoms with Gasteiger partial charge in [-0.2, -0.15) is 9.38 Å². The Morgan fingerprint density at radius 2 is 2.09 bits per heavy atom. The highest BCUT2D eigenvalue weighted by Gasteiger charge is 2.30. The number of aromatic nitrogens is 2. The van der Waals surface area contributed by atoms with Gasteiger partial charge in [-0.3, -0.25) is 0 Å². The number of hydrogen-bond donors (Lipinski definition) is 0. The zero-order valence-electron chi connectivity index (χ0n) is 11.9. The third kappa shape index (κ3) is 2.66. The second-order valence-corrected chi connectivity index (χ2v) is 7.93. The van der Waals surface area contributed by atoms with Crippen LogP contribution in [0.25, 0.3) is 4.96 Å². The molecule has 2 aromatic heterocycles. The smallest absolute Gasteiger partial charge is 0.358 e. The van der Waals surface area contributed by atoms with E-state index >= 15 is 0 Å². The number of fused-ring (bicyclic) bond motifs is 1. The fourth-order valence-electron chi connectivity index (χ4n) is 2.58. The molecule has 0 saturated carbocycles. The predicted octanol–water partition coefficient (Wildman–Crippen LogP) is 0.776. The Morgan fingerprint density at radius 3 is 2.77 bits per heavy atom. The van der Waals surface area contributed by atoms with Crippen LogP contribution in [0.15, 0.2) is 11.6 Å². The van der Waals surface area contributed by atoms with Crippen LogP contribution in [0.4, 0.5) is 11.6 Å². The van der Waals surface area contributed by atoms with E-state index < -0.39 is 14.9 Å². The number of rotatable bonds is 3. The molecular weight excluding hydrogens is 330 g/mol. The molecule has 9 nitrogen and oxygen atoms in total. The molecule has 0 unspecified atom stereocenters. The molecule has 0 spiro atoms. The van der Waals surface area contributed by atoms with Gasteiger partial charge in [0.1, 0.15) is 6.20 Å². The van der Waals surface area contributed by atoms with Gasteiger partial charge in [0.05, 0.1) is 6.26 Å². The summed E-state index contributed by atoms with van der Waals surface area (Å²) in [6, 6.07) is 0. The van der Waals surface area contributed by atoms with E-state index in [9.17, 15) is 18.5 Å². The van der Waals surface area contributed by atoms with Crippen molar-refractivity contribution < 1.29 is 13.3 Å². The summed E-state index contributed by atoms with van der Waals surface area (Å²) in [6.07, 6.45) is 3.41. The summed E-state index contributed by atoms with van der Waals surface area (Å²) in [5, 5.41) is 13.1. The zero-order chi connectivity index (χ0) is 15.9. The minimum atomic E-state index is -3.25. The van der Waals surface area contributed by atoms with Crippen LogP contribution in [0.1, 0.15) is 6.42 Å². The first-order valence-corrected chi connectivity index (χ1v) is 9.41. The monoisotopic (exact) mass is 345 g/mol. The van der Waals surface area contributed by atoms with E-state index in [4.69, 9.17) is 0 Å². The molecule has 1 saturated heterocycles. The normalized spacial score (nSPS) is 17.8. The minimum Gasteiger partial charge on any atom is -0.358 e. The largest absolute Gasteiger partial charge is 0.373 e. The number of thiazole rings is 1. The van der Waals surface area contributed by atoms with Gasteiger partial charge in [-0.15, -0.1) is 0 Å². The molecule has 3 rings (SSSR count). The van der Waals surface area contributed by atoms with Crippen molar-refractivity contribution in [3.63, 3.8) is 0 Å². The van der Waals surface area contributed by atoms with Gasteiger partial charge in [-0.1, -0.05) is 11.3 Å². The Bertz CT molecular complexity index is 812. The number of nitrogens with zero attached hydrogens (tertiary/aromatic N) is 5. The highest BCUT2D eigenvalue weighted by molar-refractivity contribution is 7.88. The minimum absolute atomic E-state index is 0.0657. The van der Waals surface area contributed by atoms with Crippen LogP contribution in [0.3, 0.4) is 0 Å². The summed E-state index contributed by atoms with van der Waals surface area (Å²) in [4.78, 5) is 17.6. The van der Waals surface area contributed by atoms with E-state index in [2.05, 4.69) is 4.98 Å². The fourth-order valence-corrected chi connectivity index (χ4v) is 4.16. The standard InChI is InChI=1S/C11H15N5O4S2/c1-22(19,20)14-4-2-3-13(5-6-14)9-10(16(17)18)15-7-8-21-11(15)12-9/h7-8H,2-6H2,1H3. The Balaban J connectivity index is 1.93. The second kappa shape index (κ2) is 5.48. The Hall–Kier alpha value is -1.72. The van der Waals surface area contributed by atoms with Gasteiger partial charge >= 0.3 is 5.82 Å². The molecule has 1 fully saturated rings.